The lowest BCUT2D eigenvalue weighted by Crippen LogP contribution is -2.23. The molecule has 0 unspecified atom stereocenters. The molecule has 0 bridgehead atoms. The lowest BCUT2D eigenvalue weighted by Gasteiger charge is -2.04. The Morgan fingerprint density at radius 1 is 1.57 bits per heavy atom. The zero-order valence-corrected chi connectivity index (χ0v) is 7.56. The number of benzene rings is 1. The van der Waals surface area contributed by atoms with Crippen molar-refractivity contribution in [2.75, 3.05) is 6.61 Å². The highest BCUT2D eigenvalue weighted by Gasteiger charge is 2.08. The first-order chi connectivity index (χ1) is 6.75. The normalized spacial score (nSPS) is 9.43. The zero-order valence-electron chi connectivity index (χ0n) is 7.56. The maximum Gasteiger partial charge on any atom is 0.278 e. The summed E-state index contributed by atoms with van der Waals surface area (Å²) in [6, 6.07) is 6.23. The van der Waals surface area contributed by atoms with Gasteiger partial charge >= 0.3 is 0 Å². The van der Waals surface area contributed by atoms with Gasteiger partial charge in [-0.1, -0.05) is 18.2 Å². The van der Waals surface area contributed by atoms with Crippen molar-refractivity contribution >= 4 is 5.91 Å². The molecule has 0 saturated heterocycles. The Morgan fingerprint density at radius 3 is 2.93 bits per heavy atom. The first kappa shape index (κ1) is 10.3. The molecule has 1 rings (SSSR count). The molecular formula is C10H11NO3. The van der Waals surface area contributed by atoms with E-state index in [9.17, 15) is 9.90 Å². The molecule has 0 aliphatic heterocycles. The number of carbonyl (C=O) groups is 1. The van der Waals surface area contributed by atoms with Gasteiger partial charge in [0, 0.05) is 0 Å². The van der Waals surface area contributed by atoms with Crippen LogP contribution in [0.4, 0.5) is 0 Å². The van der Waals surface area contributed by atoms with Gasteiger partial charge in [-0.3, -0.25) is 9.63 Å². The minimum Gasteiger partial charge on any atom is -0.507 e. The summed E-state index contributed by atoms with van der Waals surface area (Å²) in [6.45, 7) is 3.64. The van der Waals surface area contributed by atoms with E-state index in [1.165, 1.54) is 18.2 Å². The maximum absolute atomic E-state index is 11.3. The first-order valence-corrected chi connectivity index (χ1v) is 4.06. The van der Waals surface area contributed by atoms with E-state index in [2.05, 4.69) is 12.1 Å². The van der Waals surface area contributed by atoms with Gasteiger partial charge in [0.1, 0.15) is 5.75 Å². The second-order valence-corrected chi connectivity index (χ2v) is 2.55. The molecule has 0 radical (unpaired) electrons. The van der Waals surface area contributed by atoms with Crippen LogP contribution in [0.5, 0.6) is 5.75 Å². The van der Waals surface area contributed by atoms with Gasteiger partial charge in [0.2, 0.25) is 0 Å². The lowest BCUT2D eigenvalue weighted by molar-refractivity contribution is 0.0419. The van der Waals surface area contributed by atoms with E-state index in [1.54, 1.807) is 12.1 Å². The number of hydroxylamine groups is 1. The van der Waals surface area contributed by atoms with E-state index in [-0.39, 0.29) is 17.9 Å². The average Bonchev–Trinajstić information content (AvgIpc) is 2.18. The highest BCUT2D eigenvalue weighted by molar-refractivity contribution is 5.96. The lowest BCUT2D eigenvalue weighted by atomic mass is 10.2. The van der Waals surface area contributed by atoms with Crippen LogP contribution in [0.25, 0.3) is 0 Å². The number of hydrogen-bond acceptors (Lipinski definition) is 3. The molecule has 14 heavy (non-hydrogen) atoms. The zero-order chi connectivity index (χ0) is 10.4. The molecule has 1 aromatic carbocycles. The minimum absolute atomic E-state index is 0.0767. The summed E-state index contributed by atoms with van der Waals surface area (Å²) in [5.41, 5.74) is 2.35. The minimum atomic E-state index is -0.482. The Bertz CT molecular complexity index is 336. The van der Waals surface area contributed by atoms with E-state index < -0.39 is 5.91 Å². The molecule has 74 valence electrons. The van der Waals surface area contributed by atoms with Crippen LogP contribution in [0.3, 0.4) is 0 Å². The maximum atomic E-state index is 11.3. The molecule has 4 nitrogen and oxygen atoms in total. The third-order valence-corrected chi connectivity index (χ3v) is 1.51. The van der Waals surface area contributed by atoms with Gasteiger partial charge in [-0.05, 0) is 12.1 Å². The van der Waals surface area contributed by atoms with E-state index in [1.807, 2.05) is 0 Å². The van der Waals surface area contributed by atoms with Crippen LogP contribution in [0, 0.1) is 0 Å². The molecule has 0 saturated carbocycles. The van der Waals surface area contributed by atoms with Gasteiger partial charge in [0.05, 0.1) is 12.2 Å². The van der Waals surface area contributed by atoms with E-state index >= 15 is 0 Å². The summed E-state index contributed by atoms with van der Waals surface area (Å²) in [7, 11) is 0. The van der Waals surface area contributed by atoms with Crippen molar-refractivity contribution in [1.29, 1.82) is 0 Å². The van der Waals surface area contributed by atoms with Crippen molar-refractivity contribution in [2.24, 2.45) is 0 Å². The van der Waals surface area contributed by atoms with Crippen LogP contribution < -0.4 is 5.48 Å². The van der Waals surface area contributed by atoms with Gasteiger partial charge in [0.15, 0.2) is 0 Å². The van der Waals surface area contributed by atoms with Crippen molar-refractivity contribution in [2.45, 2.75) is 0 Å². The fourth-order valence-corrected chi connectivity index (χ4v) is 0.887. The fourth-order valence-electron chi connectivity index (χ4n) is 0.887. The topological polar surface area (TPSA) is 58.6 Å². The molecule has 0 atom stereocenters. The van der Waals surface area contributed by atoms with Gasteiger partial charge < -0.3 is 5.11 Å². The van der Waals surface area contributed by atoms with Crippen molar-refractivity contribution in [3.8, 4) is 5.75 Å². The number of amides is 1. The third kappa shape index (κ3) is 2.60. The number of rotatable bonds is 4. The van der Waals surface area contributed by atoms with E-state index in [4.69, 9.17) is 4.84 Å². The van der Waals surface area contributed by atoms with Gasteiger partial charge in [-0.25, -0.2) is 5.48 Å². The van der Waals surface area contributed by atoms with Crippen LogP contribution in [-0.2, 0) is 4.84 Å². The Hall–Kier alpha value is -1.81. The Balaban J connectivity index is 2.60. The van der Waals surface area contributed by atoms with Crippen LogP contribution in [-0.4, -0.2) is 17.6 Å². The summed E-state index contributed by atoms with van der Waals surface area (Å²) in [5, 5.41) is 9.30. The van der Waals surface area contributed by atoms with Crippen LogP contribution in [0.2, 0.25) is 0 Å². The number of hydrogen-bond donors (Lipinski definition) is 2. The molecule has 0 aliphatic rings. The SMILES string of the molecule is C=CCONC(=O)c1ccccc1O. The second-order valence-electron chi connectivity index (χ2n) is 2.55. The molecule has 0 aliphatic carbocycles. The highest BCUT2D eigenvalue weighted by atomic mass is 16.6. The van der Waals surface area contributed by atoms with Crippen LogP contribution in [0.15, 0.2) is 36.9 Å². The molecule has 1 amide bonds. The predicted molar refractivity (Wildman–Crippen MR) is 51.7 cm³/mol. The van der Waals surface area contributed by atoms with Crippen molar-refractivity contribution in [3.05, 3.63) is 42.5 Å². The predicted octanol–water partition coefficient (Wildman–Crippen LogP) is 1.24. The smallest absolute Gasteiger partial charge is 0.278 e. The second kappa shape index (κ2) is 5.04. The van der Waals surface area contributed by atoms with Crippen LogP contribution in [0.1, 0.15) is 10.4 Å². The van der Waals surface area contributed by atoms with Crippen molar-refractivity contribution < 1.29 is 14.7 Å². The standard InChI is InChI=1S/C10H11NO3/c1-2-7-14-11-10(13)8-5-3-4-6-9(8)12/h2-6,12H,1,7H2,(H,11,13). The molecule has 0 spiro atoms. The average molecular weight is 193 g/mol. The Labute approximate surface area is 81.8 Å². The summed E-state index contributed by atoms with van der Waals surface area (Å²) in [4.78, 5) is 16.0. The number of aromatic hydroxyl groups is 1. The quantitative estimate of drug-likeness (QED) is 0.429. The summed E-state index contributed by atoms with van der Waals surface area (Å²) >= 11 is 0. The number of phenols is 1. The fraction of sp³-hybridized carbons (Fsp3) is 0.100. The van der Waals surface area contributed by atoms with Gasteiger partial charge in [0.25, 0.3) is 5.91 Å². The molecular weight excluding hydrogens is 182 g/mol. The number of para-hydroxylation sites is 1. The molecule has 4 heteroatoms. The van der Waals surface area contributed by atoms with Crippen molar-refractivity contribution in [3.63, 3.8) is 0 Å². The molecule has 0 heterocycles. The van der Waals surface area contributed by atoms with E-state index in [0.29, 0.717) is 0 Å². The monoisotopic (exact) mass is 193 g/mol. The highest BCUT2D eigenvalue weighted by Crippen LogP contribution is 2.14. The summed E-state index contributed by atoms with van der Waals surface area (Å²) in [5.74, 6) is -0.558. The Morgan fingerprint density at radius 2 is 2.29 bits per heavy atom. The molecule has 0 fully saturated rings. The molecule has 1 aromatic rings. The van der Waals surface area contributed by atoms with Gasteiger partial charge in [-0.15, -0.1) is 6.58 Å². The number of carbonyl (C=O) groups excluding carboxylic acids is 1. The third-order valence-electron chi connectivity index (χ3n) is 1.51. The summed E-state index contributed by atoms with van der Waals surface area (Å²) in [6.07, 6.45) is 1.51. The summed E-state index contributed by atoms with van der Waals surface area (Å²) < 4.78 is 0. The van der Waals surface area contributed by atoms with Crippen LogP contribution >= 0.6 is 0 Å². The number of phenolic OH excluding ortho intramolecular Hbond substituents is 1. The van der Waals surface area contributed by atoms with Gasteiger partial charge in [-0.2, -0.15) is 0 Å². The number of nitrogens with one attached hydrogen (secondary N) is 1. The van der Waals surface area contributed by atoms with E-state index in [0.717, 1.165) is 0 Å². The molecule has 2 N–H and O–H groups in total. The molecule has 0 aromatic heterocycles. The Kier molecular flexibility index (Phi) is 3.69. The first-order valence-electron chi connectivity index (χ1n) is 4.06. The largest absolute Gasteiger partial charge is 0.507 e. The van der Waals surface area contributed by atoms with Crippen molar-refractivity contribution in [1.82, 2.24) is 5.48 Å².